The first-order chi connectivity index (χ1) is 11.8. The molecule has 3 aromatic rings. The molecule has 0 aliphatic heterocycles. The summed E-state index contributed by atoms with van der Waals surface area (Å²) >= 11 is 0. The second kappa shape index (κ2) is 7.15. The number of hydrogen-bond donors (Lipinski definition) is 0. The molecule has 0 unspecified atom stereocenters. The molecule has 0 heterocycles. The van der Waals surface area contributed by atoms with E-state index in [0.717, 1.165) is 12.8 Å². The van der Waals surface area contributed by atoms with Crippen molar-refractivity contribution in [3.8, 4) is 17.2 Å². The fourth-order valence-corrected chi connectivity index (χ4v) is 3.19. The molecule has 1 heteroatoms. The Morgan fingerprint density at radius 2 is 1.75 bits per heavy atom. The molecule has 0 fully saturated rings. The quantitative estimate of drug-likeness (QED) is 0.520. The van der Waals surface area contributed by atoms with Crippen LogP contribution in [0.15, 0.2) is 72.3 Å². The highest BCUT2D eigenvalue weighted by atomic mass is 14.2. The predicted molar refractivity (Wildman–Crippen MR) is 102 cm³/mol. The van der Waals surface area contributed by atoms with Crippen LogP contribution in [0.5, 0.6) is 0 Å². The topological polar surface area (TPSA) is 23.8 Å². The molecule has 118 valence electrons. The van der Waals surface area contributed by atoms with Crippen LogP contribution >= 0.6 is 0 Å². The highest BCUT2D eigenvalue weighted by Gasteiger charge is 2.11. The molecule has 3 rings (SSSR count). The first kappa shape index (κ1) is 16.0. The van der Waals surface area contributed by atoms with E-state index in [0.29, 0.717) is 5.56 Å². The van der Waals surface area contributed by atoms with Gasteiger partial charge in [0.1, 0.15) is 0 Å². The summed E-state index contributed by atoms with van der Waals surface area (Å²) in [5.74, 6) is 0. The van der Waals surface area contributed by atoms with Crippen molar-refractivity contribution in [3.05, 3.63) is 83.4 Å². The summed E-state index contributed by atoms with van der Waals surface area (Å²) in [5, 5.41) is 11.6. The van der Waals surface area contributed by atoms with E-state index in [9.17, 15) is 0 Å². The zero-order chi connectivity index (χ0) is 16.9. The van der Waals surface area contributed by atoms with Gasteiger partial charge in [-0.2, -0.15) is 5.26 Å². The van der Waals surface area contributed by atoms with Gasteiger partial charge in [0, 0.05) is 0 Å². The number of benzene rings is 3. The maximum Gasteiger partial charge on any atom is 0.0991 e. The summed E-state index contributed by atoms with van der Waals surface area (Å²) in [6.45, 7) is 4.32. The zero-order valence-electron chi connectivity index (χ0n) is 14.2. The second-order valence-electron chi connectivity index (χ2n) is 5.99. The van der Waals surface area contributed by atoms with E-state index < -0.39 is 0 Å². The average molecular weight is 311 g/mol. The summed E-state index contributed by atoms with van der Waals surface area (Å²) in [6.07, 6.45) is 4.25. The van der Waals surface area contributed by atoms with Crippen LogP contribution in [0, 0.1) is 11.3 Å². The number of nitrogens with zero attached hydrogens (tertiary/aromatic N) is 1. The van der Waals surface area contributed by atoms with Crippen LogP contribution in [-0.2, 0) is 6.42 Å². The Labute approximate surface area is 143 Å². The molecule has 0 aromatic heterocycles. The maximum absolute atomic E-state index is 9.05. The van der Waals surface area contributed by atoms with Crippen LogP contribution in [0.4, 0.5) is 0 Å². The lowest BCUT2D eigenvalue weighted by Gasteiger charge is -2.15. The zero-order valence-corrected chi connectivity index (χ0v) is 14.2. The van der Waals surface area contributed by atoms with E-state index in [4.69, 9.17) is 5.26 Å². The lowest BCUT2D eigenvalue weighted by molar-refractivity contribution is 1.00. The molecule has 0 aliphatic rings. The van der Waals surface area contributed by atoms with Crippen molar-refractivity contribution in [3.63, 3.8) is 0 Å². The van der Waals surface area contributed by atoms with E-state index in [1.807, 2.05) is 12.1 Å². The Morgan fingerprint density at radius 1 is 1.00 bits per heavy atom. The first-order valence-electron chi connectivity index (χ1n) is 8.42. The van der Waals surface area contributed by atoms with E-state index >= 15 is 0 Å². The van der Waals surface area contributed by atoms with Crippen molar-refractivity contribution in [2.24, 2.45) is 0 Å². The maximum atomic E-state index is 9.05. The van der Waals surface area contributed by atoms with Crippen LogP contribution in [-0.4, -0.2) is 0 Å². The molecule has 24 heavy (non-hydrogen) atoms. The van der Waals surface area contributed by atoms with Crippen molar-refractivity contribution in [1.82, 2.24) is 0 Å². The standard InChI is InChI=1S/C23H21N/c1-3-17(4-2)15-21-14-13-19-7-5-6-8-22(19)23(21)20-11-9-18(16-24)10-12-20/h3,5-14H,4,15H2,1-2H3/b17-3+. The number of allylic oxidation sites excluding steroid dienone is 2. The molecule has 0 amide bonds. The fourth-order valence-electron chi connectivity index (χ4n) is 3.19. The summed E-state index contributed by atoms with van der Waals surface area (Å²) in [5.41, 5.74) is 5.94. The molecule has 0 radical (unpaired) electrons. The monoisotopic (exact) mass is 311 g/mol. The number of fused-ring (bicyclic) bond motifs is 1. The van der Waals surface area contributed by atoms with E-state index in [-0.39, 0.29) is 0 Å². The summed E-state index contributed by atoms with van der Waals surface area (Å²) < 4.78 is 0. The summed E-state index contributed by atoms with van der Waals surface area (Å²) in [7, 11) is 0. The molecule has 0 atom stereocenters. The molecule has 0 N–H and O–H groups in total. The van der Waals surface area contributed by atoms with Gasteiger partial charge in [0.2, 0.25) is 0 Å². The van der Waals surface area contributed by atoms with Crippen molar-refractivity contribution in [2.75, 3.05) is 0 Å². The Morgan fingerprint density at radius 3 is 2.42 bits per heavy atom. The third-order valence-corrected chi connectivity index (χ3v) is 4.60. The van der Waals surface area contributed by atoms with E-state index in [1.54, 1.807) is 0 Å². The van der Waals surface area contributed by atoms with Crippen molar-refractivity contribution in [2.45, 2.75) is 26.7 Å². The number of rotatable bonds is 4. The minimum Gasteiger partial charge on any atom is -0.192 e. The minimum absolute atomic E-state index is 0.697. The van der Waals surface area contributed by atoms with Crippen molar-refractivity contribution >= 4 is 10.8 Å². The van der Waals surface area contributed by atoms with Gasteiger partial charge in [-0.1, -0.05) is 67.1 Å². The molecule has 1 nitrogen and oxygen atoms in total. The highest BCUT2D eigenvalue weighted by Crippen LogP contribution is 2.34. The molecule has 0 saturated heterocycles. The average Bonchev–Trinajstić information content (AvgIpc) is 2.65. The van der Waals surface area contributed by atoms with Crippen LogP contribution in [0.2, 0.25) is 0 Å². The lowest BCUT2D eigenvalue weighted by Crippen LogP contribution is -1.95. The van der Waals surface area contributed by atoms with Crippen LogP contribution in [0.3, 0.4) is 0 Å². The van der Waals surface area contributed by atoms with Gasteiger partial charge in [-0.25, -0.2) is 0 Å². The van der Waals surface area contributed by atoms with Crippen LogP contribution in [0.25, 0.3) is 21.9 Å². The summed E-state index contributed by atoms with van der Waals surface area (Å²) in [4.78, 5) is 0. The molecule has 0 saturated carbocycles. The Balaban J connectivity index is 2.22. The second-order valence-corrected chi connectivity index (χ2v) is 5.99. The molecular formula is C23H21N. The third kappa shape index (κ3) is 3.09. The van der Waals surface area contributed by atoms with E-state index in [2.05, 4.69) is 74.5 Å². The normalized spacial score (nSPS) is 11.5. The summed E-state index contributed by atoms with van der Waals surface area (Å²) in [6, 6.07) is 23.1. The van der Waals surface area contributed by atoms with Crippen LogP contribution in [0.1, 0.15) is 31.4 Å². The number of nitriles is 1. The lowest BCUT2D eigenvalue weighted by atomic mass is 9.89. The van der Waals surface area contributed by atoms with Gasteiger partial charge in [0.15, 0.2) is 0 Å². The minimum atomic E-state index is 0.697. The van der Waals surface area contributed by atoms with Crippen molar-refractivity contribution in [1.29, 1.82) is 5.26 Å². The van der Waals surface area contributed by atoms with Gasteiger partial charge in [0.25, 0.3) is 0 Å². The Kier molecular flexibility index (Phi) is 4.77. The van der Waals surface area contributed by atoms with Gasteiger partial charge in [0.05, 0.1) is 11.6 Å². The van der Waals surface area contributed by atoms with Gasteiger partial charge in [-0.3, -0.25) is 0 Å². The van der Waals surface area contributed by atoms with Crippen LogP contribution < -0.4 is 0 Å². The van der Waals surface area contributed by atoms with Gasteiger partial charge in [-0.05, 0) is 59.4 Å². The van der Waals surface area contributed by atoms with Crippen molar-refractivity contribution < 1.29 is 0 Å². The van der Waals surface area contributed by atoms with E-state index in [1.165, 1.54) is 33.0 Å². The predicted octanol–water partition coefficient (Wildman–Crippen LogP) is 6.28. The molecule has 0 bridgehead atoms. The number of hydrogen-bond acceptors (Lipinski definition) is 1. The molecule has 3 aromatic carbocycles. The smallest absolute Gasteiger partial charge is 0.0991 e. The van der Waals surface area contributed by atoms with Gasteiger partial charge < -0.3 is 0 Å². The third-order valence-electron chi connectivity index (χ3n) is 4.60. The molecule has 0 aliphatic carbocycles. The Bertz CT molecular complexity index is 924. The highest BCUT2D eigenvalue weighted by molar-refractivity contribution is 5.98. The molecular weight excluding hydrogens is 290 g/mol. The SMILES string of the molecule is C/C=C(\CC)Cc1ccc2ccccc2c1-c1ccc(C#N)cc1. The van der Waals surface area contributed by atoms with Gasteiger partial charge in [-0.15, -0.1) is 0 Å². The molecule has 0 spiro atoms. The fraction of sp³-hybridized carbons (Fsp3) is 0.174. The Hall–Kier alpha value is -2.85. The first-order valence-corrected chi connectivity index (χ1v) is 8.42. The largest absolute Gasteiger partial charge is 0.192 e. The van der Waals surface area contributed by atoms with Gasteiger partial charge >= 0.3 is 0 Å².